The molecule has 1 fully saturated rings. The first-order valence-electron chi connectivity index (χ1n) is 9.58. The van der Waals surface area contributed by atoms with Crippen LogP contribution in [-0.4, -0.2) is 65.4 Å². The number of nitrogens with zero attached hydrogens (tertiary/aromatic N) is 10. The van der Waals surface area contributed by atoms with Crippen LogP contribution in [-0.2, 0) is 7.05 Å². The van der Waals surface area contributed by atoms with Gasteiger partial charge in [0.15, 0.2) is 22.8 Å². The fraction of sp³-hybridized carbons (Fsp3) is 0.368. The highest BCUT2D eigenvalue weighted by Crippen LogP contribution is 2.24. The number of piperazine rings is 1. The second-order valence-electron chi connectivity index (χ2n) is 7.27. The summed E-state index contributed by atoms with van der Waals surface area (Å²) in [6.07, 6.45) is 4.99. The second-order valence-corrected chi connectivity index (χ2v) is 7.27. The van der Waals surface area contributed by atoms with E-state index in [-0.39, 0.29) is 0 Å². The predicted molar refractivity (Wildman–Crippen MR) is 109 cm³/mol. The van der Waals surface area contributed by atoms with Crippen LogP contribution in [0.1, 0.15) is 11.4 Å². The van der Waals surface area contributed by atoms with Crippen LogP contribution in [0.3, 0.4) is 0 Å². The summed E-state index contributed by atoms with van der Waals surface area (Å²) in [6.45, 7) is 7.36. The topological polar surface area (TPSA) is 93.7 Å². The van der Waals surface area contributed by atoms with Gasteiger partial charge in [0.2, 0.25) is 0 Å². The average molecular weight is 390 g/mol. The number of fused-ring (bicyclic) bond motifs is 1. The van der Waals surface area contributed by atoms with E-state index < -0.39 is 0 Å². The highest BCUT2D eigenvalue weighted by molar-refractivity contribution is 5.83. The predicted octanol–water partition coefficient (Wildman–Crippen LogP) is 1.28. The molecule has 148 valence electrons. The molecule has 0 atom stereocenters. The molecule has 1 saturated heterocycles. The van der Waals surface area contributed by atoms with Crippen molar-refractivity contribution in [1.29, 1.82) is 0 Å². The molecule has 1 aliphatic heterocycles. The van der Waals surface area contributed by atoms with Crippen molar-refractivity contribution in [2.75, 3.05) is 36.0 Å². The van der Waals surface area contributed by atoms with Gasteiger partial charge in [-0.2, -0.15) is 5.10 Å². The first-order valence-corrected chi connectivity index (χ1v) is 9.58. The molecule has 29 heavy (non-hydrogen) atoms. The van der Waals surface area contributed by atoms with Gasteiger partial charge < -0.3 is 14.4 Å². The summed E-state index contributed by atoms with van der Waals surface area (Å²) in [5, 5.41) is 4.53. The molecule has 10 heteroatoms. The number of aryl methyl sites for hydroxylation is 3. The van der Waals surface area contributed by atoms with Crippen LogP contribution in [0.2, 0.25) is 0 Å². The Labute approximate surface area is 167 Å². The van der Waals surface area contributed by atoms with Gasteiger partial charge in [-0.15, -0.1) is 0 Å². The zero-order valence-electron chi connectivity index (χ0n) is 16.7. The number of anilines is 2. The van der Waals surface area contributed by atoms with Crippen molar-refractivity contribution in [3.8, 4) is 5.82 Å². The maximum Gasteiger partial charge on any atom is 0.165 e. The summed E-state index contributed by atoms with van der Waals surface area (Å²) in [5.74, 6) is 2.59. The van der Waals surface area contributed by atoms with Crippen LogP contribution in [0.4, 0.5) is 11.6 Å². The Morgan fingerprint density at radius 3 is 2.28 bits per heavy atom. The molecule has 4 aromatic rings. The van der Waals surface area contributed by atoms with Crippen LogP contribution in [0.25, 0.3) is 17.0 Å². The lowest BCUT2D eigenvalue weighted by atomic mass is 10.3. The molecule has 4 aromatic heterocycles. The van der Waals surface area contributed by atoms with E-state index in [0.29, 0.717) is 0 Å². The summed E-state index contributed by atoms with van der Waals surface area (Å²) < 4.78 is 3.77. The molecule has 10 nitrogen and oxygen atoms in total. The van der Waals surface area contributed by atoms with Crippen molar-refractivity contribution in [3.05, 3.63) is 42.5 Å². The number of imidazole rings is 1. The molecule has 5 rings (SSSR count). The zero-order chi connectivity index (χ0) is 20.0. The van der Waals surface area contributed by atoms with Gasteiger partial charge in [-0.25, -0.2) is 29.6 Å². The van der Waals surface area contributed by atoms with Crippen LogP contribution >= 0.6 is 0 Å². The molecule has 0 bridgehead atoms. The third kappa shape index (κ3) is 3.06. The van der Waals surface area contributed by atoms with Crippen molar-refractivity contribution in [3.63, 3.8) is 0 Å². The van der Waals surface area contributed by atoms with Gasteiger partial charge in [-0.3, -0.25) is 0 Å². The molecule has 0 aromatic carbocycles. The summed E-state index contributed by atoms with van der Waals surface area (Å²) in [5.41, 5.74) is 3.72. The van der Waals surface area contributed by atoms with Crippen molar-refractivity contribution >= 4 is 22.8 Å². The van der Waals surface area contributed by atoms with Crippen molar-refractivity contribution in [2.24, 2.45) is 7.05 Å². The van der Waals surface area contributed by atoms with E-state index in [0.717, 1.165) is 66.2 Å². The van der Waals surface area contributed by atoms with E-state index in [4.69, 9.17) is 0 Å². The highest BCUT2D eigenvalue weighted by atomic mass is 15.3. The van der Waals surface area contributed by atoms with E-state index in [9.17, 15) is 0 Å². The smallest absolute Gasteiger partial charge is 0.165 e. The van der Waals surface area contributed by atoms with E-state index in [1.807, 2.05) is 42.3 Å². The SMILES string of the molecule is Cc1cc(C)n(-c2cc(N3CCN(c4ncnc5c4ncn5C)CC3)ncn2)n1. The number of hydrogen-bond donors (Lipinski definition) is 0. The maximum atomic E-state index is 4.53. The highest BCUT2D eigenvalue weighted by Gasteiger charge is 2.22. The molecule has 0 aliphatic carbocycles. The van der Waals surface area contributed by atoms with Crippen LogP contribution in [0.15, 0.2) is 31.1 Å². The summed E-state index contributed by atoms with van der Waals surface area (Å²) >= 11 is 0. The third-order valence-electron chi connectivity index (χ3n) is 5.25. The van der Waals surface area contributed by atoms with Crippen molar-refractivity contribution in [2.45, 2.75) is 13.8 Å². The molecule has 1 aliphatic rings. The average Bonchev–Trinajstić information content (AvgIpc) is 3.30. The van der Waals surface area contributed by atoms with Crippen LogP contribution < -0.4 is 9.80 Å². The number of aromatic nitrogens is 8. The fourth-order valence-corrected chi connectivity index (χ4v) is 3.80. The molecule has 5 heterocycles. The monoisotopic (exact) mass is 390 g/mol. The number of hydrogen-bond acceptors (Lipinski definition) is 8. The minimum absolute atomic E-state index is 0.786. The maximum absolute atomic E-state index is 4.53. The normalized spacial score (nSPS) is 14.7. The molecule has 0 radical (unpaired) electrons. The lowest BCUT2D eigenvalue weighted by Gasteiger charge is -2.36. The third-order valence-corrected chi connectivity index (χ3v) is 5.25. The first-order chi connectivity index (χ1) is 14.1. The second kappa shape index (κ2) is 6.80. The van der Waals surface area contributed by atoms with Crippen LogP contribution in [0, 0.1) is 13.8 Å². The Hall–Kier alpha value is -3.56. The van der Waals surface area contributed by atoms with Gasteiger partial charge in [-0.05, 0) is 19.9 Å². The van der Waals surface area contributed by atoms with E-state index in [1.165, 1.54) is 0 Å². The Kier molecular flexibility index (Phi) is 4.11. The van der Waals surface area contributed by atoms with Gasteiger partial charge in [0, 0.05) is 45.0 Å². The lowest BCUT2D eigenvalue weighted by Crippen LogP contribution is -2.47. The Morgan fingerprint density at radius 1 is 0.793 bits per heavy atom. The van der Waals surface area contributed by atoms with Gasteiger partial charge in [-0.1, -0.05) is 0 Å². The van der Waals surface area contributed by atoms with Gasteiger partial charge in [0.05, 0.1) is 12.0 Å². The molecular formula is C19H22N10. The van der Waals surface area contributed by atoms with E-state index >= 15 is 0 Å². The Morgan fingerprint density at radius 2 is 1.52 bits per heavy atom. The summed E-state index contributed by atoms with van der Waals surface area (Å²) in [7, 11) is 1.94. The van der Waals surface area contributed by atoms with E-state index in [2.05, 4.69) is 39.8 Å². The summed E-state index contributed by atoms with van der Waals surface area (Å²) in [4.78, 5) is 26.7. The first kappa shape index (κ1) is 17.5. The quantitative estimate of drug-likeness (QED) is 0.516. The Bertz CT molecular complexity index is 1170. The minimum atomic E-state index is 0.786. The van der Waals surface area contributed by atoms with Crippen LogP contribution in [0.5, 0.6) is 0 Å². The fourth-order valence-electron chi connectivity index (χ4n) is 3.80. The van der Waals surface area contributed by atoms with Crippen molar-refractivity contribution < 1.29 is 0 Å². The van der Waals surface area contributed by atoms with Gasteiger partial charge in [0.25, 0.3) is 0 Å². The zero-order valence-corrected chi connectivity index (χ0v) is 16.7. The van der Waals surface area contributed by atoms with Gasteiger partial charge in [0.1, 0.15) is 18.5 Å². The molecule has 0 spiro atoms. The largest absolute Gasteiger partial charge is 0.353 e. The molecule has 0 unspecified atom stereocenters. The molecule has 0 saturated carbocycles. The van der Waals surface area contributed by atoms with Crippen molar-refractivity contribution in [1.82, 2.24) is 39.3 Å². The summed E-state index contributed by atoms with van der Waals surface area (Å²) in [6, 6.07) is 4.04. The minimum Gasteiger partial charge on any atom is -0.353 e. The molecular weight excluding hydrogens is 368 g/mol. The van der Waals surface area contributed by atoms with Gasteiger partial charge >= 0.3 is 0 Å². The Balaban J connectivity index is 1.36. The molecule has 0 N–H and O–H groups in total. The lowest BCUT2D eigenvalue weighted by molar-refractivity contribution is 0.641. The number of rotatable bonds is 3. The standard InChI is InChI=1S/C19H22N10/c1-13-8-14(2)29(25-13)16-9-15(20-10-21-16)27-4-6-28(7-5-27)19-17-18(22-11-23-19)26(3)12-24-17/h8-12H,4-7H2,1-3H3. The molecule has 0 amide bonds. The van der Waals surface area contributed by atoms with E-state index in [1.54, 1.807) is 19.0 Å².